The normalized spacial score (nSPS) is 10.7. The van der Waals surface area contributed by atoms with Crippen molar-refractivity contribution in [2.75, 3.05) is 13.2 Å². The first-order chi connectivity index (χ1) is 12.4. The first-order valence-corrected chi connectivity index (χ1v) is 8.57. The van der Waals surface area contributed by atoms with E-state index in [0.29, 0.717) is 29.6 Å². The van der Waals surface area contributed by atoms with Crippen molar-refractivity contribution >= 4 is 22.8 Å². The number of aliphatic carboxylic acids is 1. The molecular formula is C19H22NO6-. The molecule has 7 heteroatoms. The monoisotopic (exact) mass is 360 g/mol. The second-order valence-electron chi connectivity index (χ2n) is 6.09. The number of amides is 1. The number of nitrogens with one attached hydrogen (secondary N) is 1. The van der Waals surface area contributed by atoms with Crippen LogP contribution in [0.5, 0.6) is 5.75 Å². The van der Waals surface area contributed by atoms with E-state index in [1.807, 2.05) is 13.8 Å². The molecule has 0 atom stereocenters. The summed E-state index contributed by atoms with van der Waals surface area (Å²) in [6.07, 6.45) is 1.73. The predicted octanol–water partition coefficient (Wildman–Crippen LogP) is 1.08. The highest BCUT2D eigenvalue weighted by Crippen LogP contribution is 2.30. The maximum Gasteiger partial charge on any atom is 0.336 e. The van der Waals surface area contributed by atoms with Gasteiger partial charge in [0.25, 0.3) is 5.91 Å². The van der Waals surface area contributed by atoms with E-state index >= 15 is 0 Å². The van der Waals surface area contributed by atoms with Crippen LogP contribution in [0.2, 0.25) is 0 Å². The highest BCUT2D eigenvalue weighted by Gasteiger charge is 2.13. The molecule has 1 amide bonds. The smallest absolute Gasteiger partial charge is 0.336 e. The number of fused-ring (bicyclic) bond motifs is 1. The molecule has 1 heterocycles. The Morgan fingerprint density at radius 1 is 1.27 bits per heavy atom. The highest BCUT2D eigenvalue weighted by molar-refractivity contribution is 5.88. The zero-order chi connectivity index (χ0) is 19.1. The van der Waals surface area contributed by atoms with Crippen molar-refractivity contribution in [2.45, 2.75) is 39.5 Å². The molecule has 2 aromatic rings. The minimum Gasteiger partial charge on any atom is -0.550 e. The van der Waals surface area contributed by atoms with Crippen molar-refractivity contribution in [2.24, 2.45) is 0 Å². The Morgan fingerprint density at radius 2 is 2.04 bits per heavy atom. The van der Waals surface area contributed by atoms with Crippen molar-refractivity contribution in [1.29, 1.82) is 0 Å². The molecule has 0 radical (unpaired) electrons. The van der Waals surface area contributed by atoms with Crippen LogP contribution in [0, 0.1) is 6.92 Å². The van der Waals surface area contributed by atoms with E-state index in [9.17, 15) is 19.5 Å². The largest absolute Gasteiger partial charge is 0.550 e. The number of carbonyl (C=O) groups is 2. The molecule has 0 saturated carbocycles. The molecule has 0 aliphatic carbocycles. The quantitative estimate of drug-likeness (QED) is 0.529. The topological polar surface area (TPSA) is 109 Å². The summed E-state index contributed by atoms with van der Waals surface area (Å²) >= 11 is 0. The van der Waals surface area contributed by atoms with Crippen LogP contribution in [0.4, 0.5) is 0 Å². The lowest BCUT2D eigenvalue weighted by Gasteiger charge is -2.13. The summed E-state index contributed by atoms with van der Waals surface area (Å²) in [4.78, 5) is 34.0. The van der Waals surface area contributed by atoms with Crippen LogP contribution in [0.3, 0.4) is 0 Å². The molecule has 0 saturated heterocycles. The number of benzene rings is 1. The molecule has 0 bridgehead atoms. The molecular weight excluding hydrogens is 338 g/mol. The Balaban J connectivity index is 2.14. The third-order valence-electron chi connectivity index (χ3n) is 3.79. The zero-order valence-electron chi connectivity index (χ0n) is 14.9. The summed E-state index contributed by atoms with van der Waals surface area (Å²) in [5.74, 6) is -1.02. The van der Waals surface area contributed by atoms with Crippen molar-refractivity contribution in [3.8, 4) is 5.75 Å². The number of carboxylic acids is 1. The fourth-order valence-corrected chi connectivity index (χ4v) is 2.71. The van der Waals surface area contributed by atoms with Gasteiger partial charge in [0.2, 0.25) is 0 Å². The summed E-state index contributed by atoms with van der Waals surface area (Å²) in [6, 6.07) is 5.02. The van der Waals surface area contributed by atoms with Crippen molar-refractivity contribution in [1.82, 2.24) is 5.32 Å². The standard InChI is InChI=1S/C19H23NO6/c1-3-5-13-10-18(24)26-15-9-12(2)8-14(19(13)15)25-11-16(21)20-7-4-6-17(22)23/h8-10H,3-7,11H2,1-2H3,(H,20,21)(H,22,23)/p-1. The van der Waals surface area contributed by atoms with Gasteiger partial charge in [0.1, 0.15) is 11.3 Å². The molecule has 1 aromatic carbocycles. The van der Waals surface area contributed by atoms with Gasteiger partial charge in [-0.05, 0) is 49.4 Å². The number of carboxylic acid groups (broad SMARTS) is 1. The van der Waals surface area contributed by atoms with E-state index in [4.69, 9.17) is 9.15 Å². The van der Waals surface area contributed by atoms with Gasteiger partial charge in [-0.3, -0.25) is 4.79 Å². The number of carbonyl (C=O) groups excluding carboxylic acids is 2. The lowest BCUT2D eigenvalue weighted by Crippen LogP contribution is -2.31. The third-order valence-corrected chi connectivity index (χ3v) is 3.79. The van der Waals surface area contributed by atoms with E-state index in [2.05, 4.69) is 5.32 Å². The van der Waals surface area contributed by atoms with Gasteiger partial charge < -0.3 is 24.4 Å². The second kappa shape index (κ2) is 9.03. The summed E-state index contributed by atoms with van der Waals surface area (Å²) < 4.78 is 10.9. The summed E-state index contributed by atoms with van der Waals surface area (Å²) in [5, 5.41) is 13.6. The Morgan fingerprint density at radius 3 is 2.73 bits per heavy atom. The number of hydrogen-bond acceptors (Lipinski definition) is 6. The van der Waals surface area contributed by atoms with Crippen molar-refractivity contribution in [3.63, 3.8) is 0 Å². The van der Waals surface area contributed by atoms with E-state index in [0.717, 1.165) is 17.5 Å². The molecule has 140 valence electrons. The molecule has 7 nitrogen and oxygen atoms in total. The third kappa shape index (κ3) is 5.34. The van der Waals surface area contributed by atoms with Gasteiger partial charge in [-0.1, -0.05) is 13.3 Å². The van der Waals surface area contributed by atoms with Crippen LogP contribution in [0.25, 0.3) is 11.0 Å². The van der Waals surface area contributed by atoms with E-state index in [1.165, 1.54) is 6.07 Å². The lowest BCUT2D eigenvalue weighted by atomic mass is 10.0. The molecule has 0 aliphatic heterocycles. The van der Waals surface area contributed by atoms with E-state index < -0.39 is 11.6 Å². The maximum absolute atomic E-state index is 11.9. The molecule has 0 fully saturated rings. The Labute approximate surface area is 151 Å². The van der Waals surface area contributed by atoms with Gasteiger partial charge in [-0.2, -0.15) is 0 Å². The van der Waals surface area contributed by atoms with Gasteiger partial charge in [-0.25, -0.2) is 4.79 Å². The van der Waals surface area contributed by atoms with Gasteiger partial charge in [0.05, 0.1) is 5.39 Å². The predicted molar refractivity (Wildman–Crippen MR) is 94.0 cm³/mol. The minimum atomic E-state index is -1.15. The fraction of sp³-hybridized carbons (Fsp3) is 0.421. The summed E-state index contributed by atoms with van der Waals surface area (Å²) in [7, 11) is 0. The van der Waals surface area contributed by atoms with Crippen LogP contribution >= 0.6 is 0 Å². The van der Waals surface area contributed by atoms with Crippen LogP contribution in [0.15, 0.2) is 27.4 Å². The fourth-order valence-electron chi connectivity index (χ4n) is 2.71. The summed E-state index contributed by atoms with van der Waals surface area (Å²) in [5.41, 5.74) is 1.69. The zero-order valence-corrected chi connectivity index (χ0v) is 14.9. The first-order valence-electron chi connectivity index (χ1n) is 8.57. The van der Waals surface area contributed by atoms with Crippen LogP contribution in [-0.4, -0.2) is 25.0 Å². The number of aryl methyl sites for hydroxylation is 2. The van der Waals surface area contributed by atoms with Gasteiger partial charge in [0, 0.05) is 18.6 Å². The van der Waals surface area contributed by atoms with Gasteiger partial charge in [-0.15, -0.1) is 0 Å². The lowest BCUT2D eigenvalue weighted by molar-refractivity contribution is -0.305. The van der Waals surface area contributed by atoms with Crippen molar-refractivity contribution in [3.05, 3.63) is 39.7 Å². The molecule has 2 rings (SSSR count). The average molecular weight is 360 g/mol. The minimum absolute atomic E-state index is 0.108. The van der Waals surface area contributed by atoms with Crippen LogP contribution in [-0.2, 0) is 16.0 Å². The first kappa shape index (κ1) is 19.5. The van der Waals surface area contributed by atoms with Gasteiger partial charge >= 0.3 is 5.63 Å². The SMILES string of the molecule is CCCc1cc(=O)oc2cc(C)cc(OCC(=O)NCCCC(=O)[O-])c12. The highest BCUT2D eigenvalue weighted by atomic mass is 16.5. The molecule has 0 spiro atoms. The van der Waals surface area contributed by atoms with Crippen LogP contribution in [0.1, 0.15) is 37.3 Å². The molecule has 0 unspecified atom stereocenters. The van der Waals surface area contributed by atoms with E-state index in [1.54, 1.807) is 12.1 Å². The molecule has 26 heavy (non-hydrogen) atoms. The number of rotatable bonds is 9. The average Bonchev–Trinajstić information content (AvgIpc) is 2.56. The van der Waals surface area contributed by atoms with E-state index in [-0.39, 0.29) is 25.5 Å². The van der Waals surface area contributed by atoms with Gasteiger partial charge in [0.15, 0.2) is 6.61 Å². The number of hydrogen-bond donors (Lipinski definition) is 1. The van der Waals surface area contributed by atoms with Crippen LogP contribution < -0.4 is 20.8 Å². The van der Waals surface area contributed by atoms with Crippen molar-refractivity contribution < 1.29 is 23.8 Å². The number of ether oxygens (including phenoxy) is 1. The molecule has 0 aliphatic rings. The summed E-state index contributed by atoms with van der Waals surface area (Å²) in [6.45, 7) is 3.88. The molecule has 1 N–H and O–H groups in total. The second-order valence-corrected chi connectivity index (χ2v) is 6.09. The Hall–Kier alpha value is -2.83. The maximum atomic E-state index is 11.9. The Kier molecular flexibility index (Phi) is 6.77. The molecule has 1 aromatic heterocycles. The Bertz CT molecular complexity index is 855.